The fourth-order valence-corrected chi connectivity index (χ4v) is 1.75. The van der Waals surface area contributed by atoms with Crippen molar-refractivity contribution < 1.29 is 22.7 Å². The van der Waals surface area contributed by atoms with Crippen molar-refractivity contribution in [2.24, 2.45) is 0 Å². The highest BCUT2D eigenvalue weighted by Crippen LogP contribution is 2.17. The van der Waals surface area contributed by atoms with Crippen molar-refractivity contribution in [2.75, 3.05) is 6.61 Å². The first-order chi connectivity index (χ1) is 10.8. The van der Waals surface area contributed by atoms with E-state index in [2.05, 4.69) is 20.0 Å². The lowest BCUT2D eigenvalue weighted by Gasteiger charge is -2.13. The summed E-state index contributed by atoms with van der Waals surface area (Å²) in [7, 11) is 0. The molecule has 5 nitrogen and oxygen atoms in total. The molecule has 2 heterocycles. The fourth-order valence-electron chi connectivity index (χ4n) is 1.75. The number of nitrogens with zero attached hydrogens (tertiary/aromatic N) is 2. The summed E-state index contributed by atoms with van der Waals surface area (Å²) < 4.78 is 40.9. The second-order valence-corrected chi connectivity index (χ2v) is 4.71. The number of pyridine rings is 2. The third-order valence-electron chi connectivity index (χ3n) is 2.82. The number of carbonyl (C=O) groups excluding carboxylic acids is 1. The van der Waals surface area contributed by atoms with Gasteiger partial charge in [-0.25, -0.2) is 4.98 Å². The Labute approximate surface area is 130 Å². The molecule has 8 heteroatoms. The van der Waals surface area contributed by atoms with Crippen molar-refractivity contribution in [3.63, 3.8) is 0 Å². The number of amides is 1. The smallest absolute Gasteiger partial charge is 0.422 e. The zero-order chi connectivity index (χ0) is 16.9. The Morgan fingerprint density at radius 3 is 2.70 bits per heavy atom. The van der Waals surface area contributed by atoms with Gasteiger partial charge in [-0.05, 0) is 25.1 Å². The number of halogens is 3. The van der Waals surface area contributed by atoms with Gasteiger partial charge in [-0.2, -0.15) is 13.2 Å². The van der Waals surface area contributed by atoms with E-state index in [0.717, 1.165) is 0 Å². The van der Waals surface area contributed by atoms with Crippen LogP contribution in [0.4, 0.5) is 13.2 Å². The van der Waals surface area contributed by atoms with Crippen LogP contribution < -0.4 is 10.1 Å². The van der Waals surface area contributed by atoms with Crippen molar-refractivity contribution in [3.05, 3.63) is 54.0 Å². The standard InChI is InChI=1S/C15H14F3N3O2/c1-10(11-5-2-3-8-19-11)20-14(22)12-6-4-7-13(21-12)23-9-15(16,17)18/h2-8,10H,9H2,1H3,(H,20,22)/t10-/m1/s1. The Balaban J connectivity index is 2.02. The van der Waals surface area contributed by atoms with Gasteiger partial charge in [0.15, 0.2) is 6.61 Å². The Hall–Kier alpha value is -2.64. The van der Waals surface area contributed by atoms with Crippen LogP contribution in [0.2, 0.25) is 0 Å². The van der Waals surface area contributed by atoms with Gasteiger partial charge in [0.1, 0.15) is 5.69 Å². The summed E-state index contributed by atoms with van der Waals surface area (Å²) in [5.74, 6) is -0.791. The predicted molar refractivity (Wildman–Crippen MR) is 75.9 cm³/mol. The van der Waals surface area contributed by atoms with E-state index in [4.69, 9.17) is 0 Å². The molecule has 0 aliphatic heterocycles. The SMILES string of the molecule is C[C@@H](NC(=O)c1cccc(OCC(F)(F)F)n1)c1ccccn1. The fraction of sp³-hybridized carbons (Fsp3) is 0.267. The van der Waals surface area contributed by atoms with Gasteiger partial charge >= 0.3 is 6.18 Å². The van der Waals surface area contributed by atoms with E-state index in [1.165, 1.54) is 18.2 Å². The number of hydrogen-bond acceptors (Lipinski definition) is 4. The topological polar surface area (TPSA) is 64.1 Å². The van der Waals surface area contributed by atoms with Crippen LogP contribution in [0.5, 0.6) is 5.88 Å². The summed E-state index contributed by atoms with van der Waals surface area (Å²) in [5.41, 5.74) is 0.623. The summed E-state index contributed by atoms with van der Waals surface area (Å²) in [6, 6.07) is 8.96. The maximum Gasteiger partial charge on any atom is 0.422 e. The molecule has 23 heavy (non-hydrogen) atoms. The van der Waals surface area contributed by atoms with Crippen LogP contribution in [-0.2, 0) is 0 Å². The van der Waals surface area contributed by atoms with E-state index in [1.807, 2.05) is 0 Å². The van der Waals surface area contributed by atoms with E-state index in [0.29, 0.717) is 5.69 Å². The summed E-state index contributed by atoms with van der Waals surface area (Å²) in [5, 5.41) is 2.67. The van der Waals surface area contributed by atoms with Gasteiger partial charge in [0.05, 0.1) is 11.7 Å². The summed E-state index contributed by atoms with van der Waals surface area (Å²) in [6.07, 6.45) is -2.87. The van der Waals surface area contributed by atoms with Crippen molar-refractivity contribution in [1.29, 1.82) is 0 Å². The predicted octanol–water partition coefficient (Wildman–Crippen LogP) is 2.91. The lowest BCUT2D eigenvalue weighted by molar-refractivity contribution is -0.154. The number of alkyl halides is 3. The number of aromatic nitrogens is 2. The van der Waals surface area contributed by atoms with Gasteiger partial charge in [0.2, 0.25) is 5.88 Å². The van der Waals surface area contributed by atoms with E-state index in [9.17, 15) is 18.0 Å². The number of nitrogens with one attached hydrogen (secondary N) is 1. The molecule has 0 radical (unpaired) electrons. The molecular formula is C15H14F3N3O2. The maximum atomic E-state index is 12.1. The normalized spacial score (nSPS) is 12.5. The molecule has 1 N–H and O–H groups in total. The molecule has 2 aromatic rings. The summed E-state index contributed by atoms with van der Waals surface area (Å²) in [6.45, 7) is 0.277. The van der Waals surface area contributed by atoms with E-state index < -0.39 is 18.7 Å². The highest BCUT2D eigenvalue weighted by molar-refractivity contribution is 5.92. The Morgan fingerprint density at radius 2 is 2.04 bits per heavy atom. The van der Waals surface area contributed by atoms with Crippen LogP contribution in [0.3, 0.4) is 0 Å². The third kappa shape index (κ3) is 5.24. The second kappa shape index (κ2) is 7.08. The molecule has 2 aromatic heterocycles. The molecule has 0 fully saturated rings. The molecule has 1 atom stereocenters. The van der Waals surface area contributed by atoms with Crippen molar-refractivity contribution >= 4 is 5.91 Å². The monoisotopic (exact) mass is 325 g/mol. The molecule has 0 unspecified atom stereocenters. The van der Waals surface area contributed by atoms with Gasteiger partial charge < -0.3 is 10.1 Å². The van der Waals surface area contributed by atoms with E-state index in [1.54, 1.807) is 31.3 Å². The number of rotatable bonds is 5. The first-order valence-electron chi connectivity index (χ1n) is 6.73. The van der Waals surface area contributed by atoms with Crippen LogP contribution in [0.15, 0.2) is 42.6 Å². The minimum absolute atomic E-state index is 0.0348. The minimum Gasteiger partial charge on any atom is -0.468 e. The van der Waals surface area contributed by atoms with Gasteiger partial charge in [-0.3, -0.25) is 9.78 Å². The molecule has 0 aliphatic carbocycles. The van der Waals surface area contributed by atoms with Crippen LogP contribution in [0.1, 0.15) is 29.1 Å². The zero-order valence-corrected chi connectivity index (χ0v) is 12.2. The average molecular weight is 325 g/mol. The zero-order valence-electron chi connectivity index (χ0n) is 12.2. The number of carbonyl (C=O) groups is 1. The van der Waals surface area contributed by atoms with Crippen molar-refractivity contribution in [1.82, 2.24) is 15.3 Å². The molecule has 1 amide bonds. The van der Waals surface area contributed by atoms with Crippen LogP contribution >= 0.6 is 0 Å². The van der Waals surface area contributed by atoms with E-state index in [-0.39, 0.29) is 17.6 Å². The molecule has 2 rings (SSSR count). The van der Waals surface area contributed by atoms with Crippen LogP contribution in [0.25, 0.3) is 0 Å². The molecule has 0 aliphatic rings. The average Bonchev–Trinajstić information content (AvgIpc) is 2.53. The molecule has 0 saturated carbocycles. The molecule has 0 bridgehead atoms. The Morgan fingerprint density at radius 1 is 1.26 bits per heavy atom. The summed E-state index contributed by atoms with van der Waals surface area (Å²) in [4.78, 5) is 20.0. The van der Waals surface area contributed by atoms with Gasteiger partial charge in [0.25, 0.3) is 5.91 Å². The van der Waals surface area contributed by atoms with Gasteiger partial charge in [0, 0.05) is 12.3 Å². The van der Waals surface area contributed by atoms with Crippen molar-refractivity contribution in [3.8, 4) is 5.88 Å². The summed E-state index contributed by atoms with van der Waals surface area (Å²) >= 11 is 0. The molecule has 0 aromatic carbocycles. The Bertz CT molecular complexity index is 663. The second-order valence-electron chi connectivity index (χ2n) is 4.71. The number of hydrogen-bond donors (Lipinski definition) is 1. The quantitative estimate of drug-likeness (QED) is 0.918. The van der Waals surface area contributed by atoms with Crippen LogP contribution in [-0.4, -0.2) is 28.7 Å². The lowest BCUT2D eigenvalue weighted by Crippen LogP contribution is -2.28. The van der Waals surface area contributed by atoms with Gasteiger partial charge in [-0.15, -0.1) is 0 Å². The first-order valence-corrected chi connectivity index (χ1v) is 6.73. The minimum atomic E-state index is -4.46. The Kier molecular flexibility index (Phi) is 5.15. The van der Waals surface area contributed by atoms with Crippen LogP contribution in [0, 0.1) is 0 Å². The molecular weight excluding hydrogens is 311 g/mol. The molecule has 0 saturated heterocycles. The highest BCUT2D eigenvalue weighted by atomic mass is 19.4. The third-order valence-corrected chi connectivity index (χ3v) is 2.82. The van der Waals surface area contributed by atoms with Gasteiger partial charge in [-0.1, -0.05) is 12.1 Å². The van der Waals surface area contributed by atoms with Crippen molar-refractivity contribution in [2.45, 2.75) is 19.1 Å². The number of ether oxygens (including phenoxy) is 1. The largest absolute Gasteiger partial charge is 0.468 e. The first kappa shape index (κ1) is 16.7. The highest BCUT2D eigenvalue weighted by Gasteiger charge is 2.28. The molecule has 0 spiro atoms. The molecule has 122 valence electrons. The van der Waals surface area contributed by atoms with E-state index >= 15 is 0 Å². The maximum absolute atomic E-state index is 12.1. The lowest BCUT2D eigenvalue weighted by atomic mass is 10.2.